The number of fused-ring (bicyclic) bond motifs is 1. The quantitative estimate of drug-likeness (QED) is 0.878. The lowest BCUT2D eigenvalue weighted by Crippen LogP contribution is -2.50. The lowest BCUT2D eigenvalue weighted by atomic mass is 10.1. The van der Waals surface area contributed by atoms with Crippen molar-refractivity contribution in [1.29, 1.82) is 0 Å². The van der Waals surface area contributed by atoms with Gasteiger partial charge in [0.2, 0.25) is 12.7 Å². The van der Waals surface area contributed by atoms with E-state index in [4.69, 9.17) is 9.47 Å². The van der Waals surface area contributed by atoms with Crippen molar-refractivity contribution in [2.45, 2.75) is 38.3 Å². The van der Waals surface area contributed by atoms with E-state index in [2.05, 4.69) is 27.2 Å². The van der Waals surface area contributed by atoms with E-state index in [9.17, 15) is 4.79 Å². The number of benzene rings is 1. The maximum absolute atomic E-state index is 12.2. The van der Waals surface area contributed by atoms with Crippen molar-refractivity contribution >= 4 is 5.91 Å². The van der Waals surface area contributed by atoms with Crippen LogP contribution in [0.2, 0.25) is 0 Å². The molecule has 1 aromatic rings. The van der Waals surface area contributed by atoms with Gasteiger partial charge in [-0.15, -0.1) is 0 Å². The van der Waals surface area contributed by atoms with E-state index in [-0.39, 0.29) is 5.91 Å². The van der Waals surface area contributed by atoms with Gasteiger partial charge in [-0.05, 0) is 30.5 Å². The van der Waals surface area contributed by atoms with Gasteiger partial charge >= 0.3 is 0 Å². The summed E-state index contributed by atoms with van der Waals surface area (Å²) < 4.78 is 10.8. The number of piperazine rings is 1. The Morgan fingerprint density at radius 3 is 2.56 bits per heavy atom. The molecular formula is C19H27N3O3. The van der Waals surface area contributed by atoms with Gasteiger partial charge in [0, 0.05) is 38.8 Å². The molecule has 2 aliphatic heterocycles. The highest BCUT2D eigenvalue weighted by molar-refractivity contribution is 5.78. The molecule has 0 unspecified atom stereocenters. The van der Waals surface area contributed by atoms with Crippen molar-refractivity contribution in [3.05, 3.63) is 23.8 Å². The van der Waals surface area contributed by atoms with Crippen LogP contribution in [0.1, 0.15) is 31.2 Å². The molecule has 1 N–H and O–H groups in total. The fraction of sp³-hybridized carbons (Fsp3) is 0.632. The average molecular weight is 345 g/mol. The van der Waals surface area contributed by atoms with Crippen molar-refractivity contribution in [2.24, 2.45) is 0 Å². The third kappa shape index (κ3) is 4.25. The number of rotatable bonds is 5. The van der Waals surface area contributed by atoms with E-state index < -0.39 is 0 Å². The summed E-state index contributed by atoms with van der Waals surface area (Å²) in [5.74, 6) is 1.87. The van der Waals surface area contributed by atoms with Gasteiger partial charge in [0.15, 0.2) is 11.5 Å². The highest BCUT2D eigenvalue weighted by Crippen LogP contribution is 2.32. The van der Waals surface area contributed by atoms with Crippen molar-refractivity contribution in [3.8, 4) is 11.5 Å². The van der Waals surface area contributed by atoms with Gasteiger partial charge in [-0.2, -0.15) is 0 Å². The molecule has 2 fully saturated rings. The molecule has 25 heavy (non-hydrogen) atoms. The Labute approximate surface area is 149 Å². The molecule has 1 saturated heterocycles. The van der Waals surface area contributed by atoms with Crippen LogP contribution in [0.25, 0.3) is 0 Å². The molecule has 0 spiro atoms. The lowest BCUT2D eigenvalue weighted by molar-refractivity contribution is -0.123. The summed E-state index contributed by atoms with van der Waals surface area (Å²) in [7, 11) is 0. The maximum atomic E-state index is 12.2. The third-order valence-corrected chi connectivity index (χ3v) is 5.40. The predicted molar refractivity (Wildman–Crippen MR) is 94.7 cm³/mol. The van der Waals surface area contributed by atoms with E-state index in [1.165, 1.54) is 18.4 Å². The molecule has 136 valence electrons. The van der Waals surface area contributed by atoms with Crippen LogP contribution in [0.15, 0.2) is 18.2 Å². The monoisotopic (exact) mass is 345 g/mol. The molecule has 1 saturated carbocycles. The predicted octanol–water partition coefficient (Wildman–Crippen LogP) is 1.59. The van der Waals surface area contributed by atoms with Gasteiger partial charge in [0.05, 0.1) is 6.54 Å². The van der Waals surface area contributed by atoms with Crippen molar-refractivity contribution in [1.82, 2.24) is 15.1 Å². The fourth-order valence-corrected chi connectivity index (χ4v) is 3.95. The number of hydrogen-bond donors (Lipinski definition) is 1. The molecule has 0 atom stereocenters. The Balaban J connectivity index is 1.21. The second kappa shape index (κ2) is 7.62. The average Bonchev–Trinajstić information content (AvgIpc) is 3.27. The van der Waals surface area contributed by atoms with Crippen LogP contribution >= 0.6 is 0 Å². The van der Waals surface area contributed by atoms with Crippen LogP contribution in [0.3, 0.4) is 0 Å². The Bertz CT molecular complexity index is 608. The second-order valence-corrected chi connectivity index (χ2v) is 7.29. The van der Waals surface area contributed by atoms with Crippen molar-refractivity contribution in [3.63, 3.8) is 0 Å². The van der Waals surface area contributed by atoms with E-state index in [1.807, 2.05) is 6.07 Å². The van der Waals surface area contributed by atoms with Crippen LogP contribution in [0, 0.1) is 0 Å². The Morgan fingerprint density at radius 1 is 1.04 bits per heavy atom. The van der Waals surface area contributed by atoms with Gasteiger partial charge in [0.25, 0.3) is 0 Å². The summed E-state index contributed by atoms with van der Waals surface area (Å²) >= 11 is 0. The Kier molecular flexibility index (Phi) is 5.08. The number of hydrogen-bond acceptors (Lipinski definition) is 5. The summed E-state index contributed by atoms with van der Waals surface area (Å²) in [5, 5.41) is 3.18. The number of nitrogens with zero attached hydrogens (tertiary/aromatic N) is 2. The molecule has 3 aliphatic rings. The normalized spacial score (nSPS) is 21.6. The van der Waals surface area contributed by atoms with E-state index in [0.29, 0.717) is 19.4 Å². The number of amides is 1. The second-order valence-electron chi connectivity index (χ2n) is 7.29. The molecule has 1 amide bonds. The smallest absolute Gasteiger partial charge is 0.234 e. The Morgan fingerprint density at radius 2 is 1.76 bits per heavy atom. The van der Waals surface area contributed by atoms with Gasteiger partial charge in [-0.3, -0.25) is 14.6 Å². The summed E-state index contributed by atoms with van der Waals surface area (Å²) in [6, 6.07) is 6.58. The van der Waals surface area contributed by atoms with E-state index in [1.54, 1.807) is 0 Å². The summed E-state index contributed by atoms with van der Waals surface area (Å²) in [4.78, 5) is 16.9. The minimum atomic E-state index is 0.191. The summed E-state index contributed by atoms with van der Waals surface area (Å²) in [5.41, 5.74) is 1.25. The fourth-order valence-electron chi connectivity index (χ4n) is 3.95. The first-order chi connectivity index (χ1) is 12.3. The lowest BCUT2D eigenvalue weighted by Gasteiger charge is -2.34. The molecule has 2 heterocycles. The number of ether oxygens (including phenoxy) is 2. The highest BCUT2D eigenvalue weighted by Gasteiger charge is 2.22. The number of nitrogens with one attached hydrogen (secondary N) is 1. The van der Waals surface area contributed by atoms with Gasteiger partial charge in [0.1, 0.15) is 0 Å². The molecule has 0 aromatic heterocycles. The van der Waals surface area contributed by atoms with E-state index >= 15 is 0 Å². The zero-order valence-corrected chi connectivity index (χ0v) is 14.7. The summed E-state index contributed by atoms with van der Waals surface area (Å²) in [6.45, 7) is 5.65. The molecule has 6 heteroatoms. The van der Waals surface area contributed by atoms with Crippen LogP contribution in [-0.2, 0) is 11.3 Å². The summed E-state index contributed by atoms with van der Waals surface area (Å²) in [6.07, 6.45) is 4.80. The van der Waals surface area contributed by atoms with Crippen molar-refractivity contribution < 1.29 is 14.3 Å². The zero-order valence-electron chi connectivity index (χ0n) is 14.7. The minimum Gasteiger partial charge on any atom is -0.454 e. The molecule has 1 aromatic carbocycles. The van der Waals surface area contributed by atoms with Crippen LogP contribution in [-0.4, -0.2) is 61.3 Å². The minimum absolute atomic E-state index is 0.191. The zero-order chi connectivity index (χ0) is 17.1. The number of carbonyl (C=O) groups excluding carboxylic acids is 1. The van der Waals surface area contributed by atoms with Crippen LogP contribution < -0.4 is 14.8 Å². The first kappa shape index (κ1) is 16.7. The topological polar surface area (TPSA) is 54.0 Å². The third-order valence-electron chi connectivity index (χ3n) is 5.40. The molecule has 6 nitrogen and oxygen atoms in total. The van der Waals surface area contributed by atoms with Gasteiger partial charge in [-0.25, -0.2) is 0 Å². The first-order valence-electron chi connectivity index (χ1n) is 9.39. The Hall–Kier alpha value is -1.79. The molecule has 1 aliphatic carbocycles. The molecule has 0 radical (unpaired) electrons. The highest BCUT2D eigenvalue weighted by atomic mass is 16.7. The standard InChI is InChI=1S/C19H27N3O3/c23-19(20-16-3-1-2-4-16)13-22-9-7-21(8-10-22)12-15-5-6-17-18(11-15)25-14-24-17/h5-6,11,16H,1-4,7-10,12-14H2,(H,20,23). The molecule has 4 rings (SSSR count). The number of carbonyl (C=O) groups is 1. The maximum Gasteiger partial charge on any atom is 0.234 e. The molecule has 0 bridgehead atoms. The first-order valence-corrected chi connectivity index (χ1v) is 9.39. The van der Waals surface area contributed by atoms with Gasteiger partial charge < -0.3 is 14.8 Å². The van der Waals surface area contributed by atoms with Crippen LogP contribution in [0.4, 0.5) is 0 Å². The van der Waals surface area contributed by atoms with E-state index in [0.717, 1.165) is 57.1 Å². The van der Waals surface area contributed by atoms with Crippen molar-refractivity contribution in [2.75, 3.05) is 39.5 Å². The SMILES string of the molecule is O=C(CN1CCN(Cc2ccc3c(c2)OCO3)CC1)NC1CCCC1. The van der Waals surface area contributed by atoms with Gasteiger partial charge in [-0.1, -0.05) is 18.9 Å². The largest absolute Gasteiger partial charge is 0.454 e. The van der Waals surface area contributed by atoms with Crippen LogP contribution in [0.5, 0.6) is 11.5 Å². The molecular weight excluding hydrogens is 318 g/mol.